The average Bonchev–Trinajstić information content (AvgIpc) is 3.10. The van der Waals surface area contributed by atoms with Crippen molar-refractivity contribution in [1.82, 2.24) is 19.7 Å². The summed E-state index contributed by atoms with van der Waals surface area (Å²) in [6.45, 7) is 2.06. The summed E-state index contributed by atoms with van der Waals surface area (Å²) in [6.07, 6.45) is 3.23. The second-order valence-corrected chi connectivity index (χ2v) is 6.39. The number of ether oxygens (including phenoxy) is 1. The highest BCUT2D eigenvalue weighted by Gasteiger charge is 2.40. The van der Waals surface area contributed by atoms with Crippen LogP contribution in [-0.2, 0) is 6.54 Å². The van der Waals surface area contributed by atoms with E-state index < -0.39 is 6.04 Å². The Morgan fingerprint density at radius 2 is 1.78 bits per heavy atom. The van der Waals surface area contributed by atoms with Crippen molar-refractivity contribution < 1.29 is 14.3 Å². The van der Waals surface area contributed by atoms with E-state index in [1.807, 2.05) is 24.3 Å². The lowest BCUT2D eigenvalue weighted by Crippen LogP contribution is -2.46. The molecule has 7 nitrogen and oxygen atoms in total. The molecule has 136 valence electrons. The number of carbonyl (C=O) groups is 2. The molecule has 1 amide bonds. The van der Waals surface area contributed by atoms with Crippen molar-refractivity contribution in [1.29, 1.82) is 0 Å². The molecule has 27 heavy (non-hydrogen) atoms. The lowest BCUT2D eigenvalue weighted by Gasteiger charge is -2.34. The third-order valence-electron chi connectivity index (χ3n) is 4.60. The number of nitrogens with zero attached hydrogens (tertiary/aromatic N) is 4. The molecule has 3 heterocycles. The number of aromatic nitrogens is 3. The van der Waals surface area contributed by atoms with Crippen LogP contribution in [0.1, 0.15) is 38.1 Å². The Morgan fingerprint density at radius 1 is 1.07 bits per heavy atom. The fourth-order valence-electron chi connectivity index (χ4n) is 3.29. The van der Waals surface area contributed by atoms with Crippen LogP contribution in [0.4, 0.5) is 0 Å². The predicted molar refractivity (Wildman–Crippen MR) is 97.4 cm³/mol. The van der Waals surface area contributed by atoms with Gasteiger partial charge in [-0.15, -0.1) is 0 Å². The Balaban J connectivity index is 1.77. The molecular formula is C20H18N4O3. The van der Waals surface area contributed by atoms with E-state index in [-0.39, 0.29) is 17.5 Å². The van der Waals surface area contributed by atoms with Crippen LogP contribution in [-0.4, -0.2) is 38.6 Å². The van der Waals surface area contributed by atoms with Crippen LogP contribution in [0.5, 0.6) is 5.75 Å². The van der Waals surface area contributed by atoms with Gasteiger partial charge in [-0.3, -0.25) is 14.6 Å². The van der Waals surface area contributed by atoms with Gasteiger partial charge in [-0.2, -0.15) is 9.78 Å². The highest BCUT2D eigenvalue weighted by atomic mass is 16.5. The van der Waals surface area contributed by atoms with E-state index in [0.29, 0.717) is 17.8 Å². The van der Waals surface area contributed by atoms with Crippen molar-refractivity contribution in [2.75, 3.05) is 7.11 Å². The van der Waals surface area contributed by atoms with Gasteiger partial charge >= 0.3 is 0 Å². The molecule has 2 aromatic heterocycles. The van der Waals surface area contributed by atoms with Gasteiger partial charge in [-0.1, -0.05) is 12.1 Å². The molecule has 7 heteroatoms. The summed E-state index contributed by atoms with van der Waals surface area (Å²) in [5.74, 6) is 0.254. The zero-order valence-electron chi connectivity index (χ0n) is 15.0. The van der Waals surface area contributed by atoms with E-state index in [1.54, 1.807) is 49.5 Å². The topological polar surface area (TPSA) is 77.3 Å². The lowest BCUT2D eigenvalue weighted by molar-refractivity contribution is 0.0471. The van der Waals surface area contributed by atoms with E-state index in [2.05, 4.69) is 10.1 Å². The molecule has 0 spiro atoms. The van der Waals surface area contributed by atoms with Gasteiger partial charge in [0, 0.05) is 18.9 Å². The maximum Gasteiger partial charge on any atom is 0.275 e. The normalized spacial score (nSPS) is 16.4. The van der Waals surface area contributed by atoms with Crippen molar-refractivity contribution in [2.24, 2.45) is 0 Å². The second kappa shape index (κ2) is 6.68. The number of amides is 1. The van der Waals surface area contributed by atoms with Crippen molar-refractivity contribution in [3.05, 3.63) is 77.4 Å². The fourth-order valence-corrected chi connectivity index (χ4v) is 3.29. The van der Waals surface area contributed by atoms with Crippen LogP contribution in [0.15, 0.2) is 54.9 Å². The number of benzene rings is 1. The van der Waals surface area contributed by atoms with E-state index in [4.69, 9.17) is 4.74 Å². The Morgan fingerprint density at radius 3 is 2.44 bits per heavy atom. The van der Waals surface area contributed by atoms with Gasteiger partial charge < -0.3 is 9.64 Å². The van der Waals surface area contributed by atoms with Gasteiger partial charge in [0.2, 0.25) is 0 Å². The molecule has 0 radical (unpaired) electrons. The number of fused-ring (bicyclic) bond motifs is 1. The second-order valence-electron chi connectivity index (χ2n) is 6.39. The standard InChI is InChI=1S/C20H18N4O3/c1-13-11-17-19(25)23(12-14-3-5-16(27-2)6-4-14)18(20(26)24(17)22-13)15-7-9-21-10-8-15/h3-11,18H,12H2,1-2H3. The first-order valence-corrected chi connectivity index (χ1v) is 8.53. The molecule has 0 bridgehead atoms. The highest BCUT2D eigenvalue weighted by molar-refractivity contribution is 6.04. The molecule has 1 unspecified atom stereocenters. The minimum absolute atomic E-state index is 0.229. The first kappa shape index (κ1) is 17.0. The Bertz CT molecular complexity index is 996. The van der Waals surface area contributed by atoms with Crippen LogP contribution in [0.2, 0.25) is 0 Å². The van der Waals surface area contributed by atoms with Gasteiger partial charge in [0.1, 0.15) is 17.5 Å². The minimum atomic E-state index is -0.755. The molecule has 1 aliphatic heterocycles. The quantitative estimate of drug-likeness (QED) is 0.713. The summed E-state index contributed by atoms with van der Waals surface area (Å²) in [4.78, 5) is 31.9. The molecule has 0 N–H and O–H groups in total. The third kappa shape index (κ3) is 2.97. The predicted octanol–water partition coefficient (Wildman–Crippen LogP) is 2.63. The van der Waals surface area contributed by atoms with E-state index in [9.17, 15) is 9.59 Å². The number of pyridine rings is 1. The van der Waals surface area contributed by atoms with Gasteiger partial charge in [-0.05, 0) is 48.4 Å². The smallest absolute Gasteiger partial charge is 0.275 e. The summed E-state index contributed by atoms with van der Waals surface area (Å²) in [5.41, 5.74) is 2.53. The molecule has 0 saturated heterocycles. The Kier molecular flexibility index (Phi) is 4.19. The van der Waals surface area contributed by atoms with Gasteiger partial charge in [0.25, 0.3) is 11.8 Å². The van der Waals surface area contributed by atoms with E-state index in [0.717, 1.165) is 11.3 Å². The maximum atomic E-state index is 13.2. The number of carbonyl (C=O) groups excluding carboxylic acids is 2. The monoisotopic (exact) mass is 362 g/mol. The summed E-state index contributed by atoms with van der Waals surface area (Å²) in [5, 5.41) is 4.21. The van der Waals surface area contributed by atoms with Gasteiger partial charge in [0.15, 0.2) is 0 Å². The number of hydrogen-bond acceptors (Lipinski definition) is 5. The Labute approximate surface area is 156 Å². The van der Waals surface area contributed by atoms with Crippen LogP contribution < -0.4 is 4.74 Å². The first-order chi connectivity index (χ1) is 13.1. The number of hydrogen-bond donors (Lipinski definition) is 0. The molecule has 4 rings (SSSR count). The zero-order valence-corrected chi connectivity index (χ0v) is 15.0. The van der Waals surface area contributed by atoms with Crippen LogP contribution in [0, 0.1) is 6.92 Å². The van der Waals surface area contributed by atoms with E-state index in [1.165, 1.54) is 4.68 Å². The van der Waals surface area contributed by atoms with Crippen molar-refractivity contribution >= 4 is 11.8 Å². The molecule has 3 aromatic rings. The van der Waals surface area contributed by atoms with Crippen molar-refractivity contribution in [3.8, 4) is 5.75 Å². The average molecular weight is 362 g/mol. The molecular weight excluding hydrogens is 344 g/mol. The molecule has 0 fully saturated rings. The molecule has 1 aromatic carbocycles. The van der Waals surface area contributed by atoms with Crippen molar-refractivity contribution in [2.45, 2.75) is 19.5 Å². The fraction of sp³-hybridized carbons (Fsp3) is 0.200. The lowest BCUT2D eigenvalue weighted by atomic mass is 10.0. The molecule has 0 saturated carbocycles. The summed E-state index contributed by atoms with van der Waals surface area (Å²) >= 11 is 0. The summed E-state index contributed by atoms with van der Waals surface area (Å²) in [7, 11) is 1.60. The number of rotatable bonds is 4. The minimum Gasteiger partial charge on any atom is -0.497 e. The Hall–Kier alpha value is -3.48. The SMILES string of the molecule is COc1ccc(CN2C(=O)c3cc(C)nn3C(=O)C2c2ccncc2)cc1. The van der Waals surface area contributed by atoms with Gasteiger partial charge in [-0.25, -0.2) is 0 Å². The molecule has 0 aliphatic carbocycles. The van der Waals surface area contributed by atoms with Crippen LogP contribution >= 0.6 is 0 Å². The van der Waals surface area contributed by atoms with Gasteiger partial charge in [0.05, 0.1) is 12.8 Å². The van der Waals surface area contributed by atoms with Crippen LogP contribution in [0.25, 0.3) is 0 Å². The molecule has 1 aliphatic rings. The maximum absolute atomic E-state index is 13.2. The number of methoxy groups -OCH3 is 1. The zero-order chi connectivity index (χ0) is 19.0. The largest absolute Gasteiger partial charge is 0.497 e. The summed E-state index contributed by atoms with van der Waals surface area (Å²) < 4.78 is 6.40. The highest BCUT2D eigenvalue weighted by Crippen LogP contribution is 2.31. The van der Waals surface area contributed by atoms with Crippen LogP contribution in [0.3, 0.4) is 0 Å². The van der Waals surface area contributed by atoms with E-state index >= 15 is 0 Å². The first-order valence-electron chi connectivity index (χ1n) is 8.53. The molecule has 1 atom stereocenters. The number of aryl methyl sites for hydroxylation is 1. The summed E-state index contributed by atoms with van der Waals surface area (Å²) in [6, 6.07) is 11.8. The third-order valence-corrected chi connectivity index (χ3v) is 4.60. The van der Waals surface area contributed by atoms with Crippen molar-refractivity contribution in [3.63, 3.8) is 0 Å².